The van der Waals surface area contributed by atoms with E-state index in [0.29, 0.717) is 55.3 Å². The third-order valence-electron chi connectivity index (χ3n) is 4.62. The molecular weight excluding hydrogens is 460 g/mol. The molecule has 0 aliphatic carbocycles. The van der Waals surface area contributed by atoms with Crippen molar-refractivity contribution in [3.8, 4) is 0 Å². The summed E-state index contributed by atoms with van der Waals surface area (Å²) in [5.41, 5.74) is 5.83. The summed E-state index contributed by atoms with van der Waals surface area (Å²) in [6.45, 7) is 8.09. The van der Waals surface area contributed by atoms with E-state index in [4.69, 9.17) is 9.84 Å². The number of nitrogens with zero attached hydrogens (tertiary/aromatic N) is 3. The van der Waals surface area contributed by atoms with E-state index in [-0.39, 0.29) is 18.4 Å². The molecule has 2 amide bonds. The lowest BCUT2D eigenvalue weighted by Gasteiger charge is -2.20. The van der Waals surface area contributed by atoms with Crippen molar-refractivity contribution >= 4 is 29.7 Å². The zero-order valence-electron chi connectivity index (χ0n) is 22.2. The summed E-state index contributed by atoms with van der Waals surface area (Å²) in [5, 5.41) is 14.9. The average molecular weight is 503 g/mol. The fraction of sp³-hybridized carbons (Fsp3) is 0.462. The molecule has 2 aromatic rings. The predicted octanol–water partition coefficient (Wildman–Crippen LogP) is 3.07. The Kier molecular flexibility index (Phi) is 19.0. The van der Waals surface area contributed by atoms with Crippen LogP contribution in [0.4, 0.5) is 11.5 Å². The normalized spacial score (nSPS) is 9.97. The summed E-state index contributed by atoms with van der Waals surface area (Å²) in [5.74, 6) is 0.0238. The number of nitrogens with one attached hydrogen (secondary N) is 2. The molecule has 0 bridgehead atoms. The molecule has 0 aliphatic heterocycles. The highest BCUT2D eigenvalue weighted by Gasteiger charge is 2.16. The molecule has 0 fully saturated rings. The van der Waals surface area contributed by atoms with Crippen LogP contribution in [0.1, 0.15) is 54.3 Å². The van der Waals surface area contributed by atoms with Crippen LogP contribution in [-0.4, -0.2) is 80.1 Å². The van der Waals surface area contributed by atoms with E-state index in [1.165, 1.54) is 19.6 Å². The molecule has 2 rings (SSSR count). The molecule has 10 heteroatoms. The summed E-state index contributed by atoms with van der Waals surface area (Å²) in [4.78, 5) is 35.5. The van der Waals surface area contributed by atoms with Crippen LogP contribution in [0.3, 0.4) is 0 Å². The Morgan fingerprint density at radius 1 is 1.17 bits per heavy atom. The van der Waals surface area contributed by atoms with Crippen molar-refractivity contribution < 1.29 is 19.4 Å². The van der Waals surface area contributed by atoms with E-state index in [1.807, 2.05) is 26.8 Å². The van der Waals surface area contributed by atoms with Gasteiger partial charge in [-0.25, -0.2) is 9.98 Å². The Bertz CT molecular complexity index is 893. The topological polar surface area (TPSA) is 142 Å². The standard InChI is InChI=1S/C23H31N5O4.C2H6.CH5N/c1-3-28(12-8-13-29)23(31)19-15-20(21(25-16-19)24-11-7-14-32-2)26-17-27-22(30)18-9-5-4-6-10-18;2*1-2/h4-6,9-10,15-17,29H,3,7-8,11-14H2,1-2H3,(H,24,25)(H,26,27,30);1-2H3;2H2,1H3. The van der Waals surface area contributed by atoms with E-state index in [9.17, 15) is 9.59 Å². The van der Waals surface area contributed by atoms with Gasteiger partial charge in [0.05, 0.1) is 11.9 Å². The second-order valence-electron chi connectivity index (χ2n) is 6.92. The molecule has 0 spiro atoms. The number of amides is 2. The number of benzene rings is 1. The molecule has 36 heavy (non-hydrogen) atoms. The van der Waals surface area contributed by atoms with Crippen molar-refractivity contribution in [2.75, 3.05) is 52.3 Å². The minimum absolute atomic E-state index is 0.0169. The number of aromatic nitrogens is 1. The number of aliphatic hydroxyl groups is 1. The maximum atomic E-state index is 12.9. The molecule has 0 atom stereocenters. The third kappa shape index (κ3) is 11.9. The fourth-order valence-electron chi connectivity index (χ4n) is 2.91. The SMILES string of the molecule is CC.CCN(CCCO)C(=O)c1cnc(NCCCOC)c(N=CNC(=O)c2ccccc2)c1.CN. The molecule has 1 heterocycles. The van der Waals surface area contributed by atoms with E-state index in [0.717, 1.165) is 6.42 Å². The van der Waals surface area contributed by atoms with Gasteiger partial charge in [-0.1, -0.05) is 32.0 Å². The summed E-state index contributed by atoms with van der Waals surface area (Å²) >= 11 is 0. The Balaban J connectivity index is 0.00000291. The van der Waals surface area contributed by atoms with Gasteiger partial charge >= 0.3 is 0 Å². The summed E-state index contributed by atoms with van der Waals surface area (Å²) < 4.78 is 5.06. The predicted molar refractivity (Wildman–Crippen MR) is 146 cm³/mol. The first-order valence-electron chi connectivity index (χ1n) is 12.2. The van der Waals surface area contributed by atoms with Crippen LogP contribution in [0.2, 0.25) is 0 Å². The van der Waals surface area contributed by atoms with Crippen molar-refractivity contribution in [2.24, 2.45) is 10.7 Å². The average Bonchev–Trinajstić information content (AvgIpc) is 2.94. The highest BCUT2D eigenvalue weighted by molar-refractivity contribution is 6.01. The molecule has 0 saturated carbocycles. The largest absolute Gasteiger partial charge is 0.396 e. The van der Waals surface area contributed by atoms with Gasteiger partial charge in [0.1, 0.15) is 5.69 Å². The van der Waals surface area contributed by atoms with Crippen LogP contribution in [0.5, 0.6) is 0 Å². The number of aliphatic imine (C=N–C) groups is 1. The molecule has 1 aromatic heterocycles. The van der Waals surface area contributed by atoms with E-state index in [2.05, 4.69) is 26.3 Å². The Morgan fingerprint density at radius 3 is 2.47 bits per heavy atom. The number of nitrogens with two attached hydrogens (primary N) is 1. The number of pyridine rings is 1. The second-order valence-corrected chi connectivity index (χ2v) is 6.92. The summed E-state index contributed by atoms with van der Waals surface area (Å²) in [6.07, 6.45) is 4.08. The molecular formula is C26H42N6O4. The van der Waals surface area contributed by atoms with Gasteiger partial charge < -0.3 is 31.1 Å². The zero-order valence-corrected chi connectivity index (χ0v) is 22.2. The minimum Gasteiger partial charge on any atom is -0.396 e. The Labute approximate surface area is 215 Å². The van der Waals surface area contributed by atoms with Gasteiger partial charge in [0.25, 0.3) is 11.8 Å². The number of methoxy groups -OCH3 is 1. The number of hydrogen-bond donors (Lipinski definition) is 4. The fourth-order valence-corrected chi connectivity index (χ4v) is 2.91. The van der Waals surface area contributed by atoms with Gasteiger partial charge in [0, 0.05) is 51.7 Å². The van der Waals surface area contributed by atoms with Crippen LogP contribution in [-0.2, 0) is 4.74 Å². The lowest BCUT2D eigenvalue weighted by atomic mass is 10.2. The Hall–Kier alpha value is -3.34. The van der Waals surface area contributed by atoms with Gasteiger partial charge in [-0.15, -0.1) is 0 Å². The molecule has 200 valence electrons. The number of rotatable bonds is 13. The number of carbonyl (C=O) groups excluding carboxylic acids is 2. The van der Waals surface area contributed by atoms with Crippen molar-refractivity contribution in [2.45, 2.75) is 33.6 Å². The van der Waals surface area contributed by atoms with Gasteiger partial charge in [-0.2, -0.15) is 0 Å². The van der Waals surface area contributed by atoms with Gasteiger partial charge in [-0.3, -0.25) is 9.59 Å². The van der Waals surface area contributed by atoms with Crippen LogP contribution in [0.15, 0.2) is 47.6 Å². The van der Waals surface area contributed by atoms with Crippen molar-refractivity contribution in [1.29, 1.82) is 0 Å². The van der Waals surface area contributed by atoms with Crippen LogP contribution >= 0.6 is 0 Å². The molecule has 0 saturated heterocycles. The second kappa shape index (κ2) is 21.0. The van der Waals surface area contributed by atoms with Crippen molar-refractivity contribution in [3.05, 3.63) is 53.7 Å². The first kappa shape index (κ1) is 32.7. The summed E-state index contributed by atoms with van der Waals surface area (Å²) in [6, 6.07) is 10.4. The van der Waals surface area contributed by atoms with Crippen molar-refractivity contribution in [3.63, 3.8) is 0 Å². The lowest BCUT2D eigenvalue weighted by Crippen LogP contribution is -2.32. The Morgan fingerprint density at radius 2 is 1.86 bits per heavy atom. The van der Waals surface area contributed by atoms with Crippen molar-refractivity contribution in [1.82, 2.24) is 15.2 Å². The number of anilines is 1. The van der Waals surface area contributed by atoms with Gasteiger partial charge in [0.15, 0.2) is 5.82 Å². The molecule has 10 nitrogen and oxygen atoms in total. The van der Waals surface area contributed by atoms with E-state index >= 15 is 0 Å². The number of ether oxygens (including phenoxy) is 1. The molecule has 0 aliphatic rings. The number of carbonyl (C=O) groups is 2. The first-order chi connectivity index (χ1) is 17.6. The number of hydrogen-bond acceptors (Lipinski definition) is 8. The van der Waals surface area contributed by atoms with E-state index in [1.54, 1.807) is 42.3 Å². The summed E-state index contributed by atoms with van der Waals surface area (Å²) in [7, 11) is 3.14. The molecule has 0 radical (unpaired) electrons. The van der Waals surface area contributed by atoms with E-state index < -0.39 is 0 Å². The maximum absolute atomic E-state index is 12.9. The van der Waals surface area contributed by atoms with Crippen LogP contribution < -0.4 is 16.4 Å². The minimum atomic E-state index is -0.287. The van der Waals surface area contributed by atoms with Crippen LogP contribution in [0.25, 0.3) is 0 Å². The quantitative estimate of drug-likeness (QED) is 0.187. The molecule has 0 unspecified atom stereocenters. The highest BCUT2D eigenvalue weighted by atomic mass is 16.5. The maximum Gasteiger partial charge on any atom is 0.256 e. The van der Waals surface area contributed by atoms with Crippen LogP contribution in [0, 0.1) is 0 Å². The first-order valence-corrected chi connectivity index (χ1v) is 12.2. The highest BCUT2D eigenvalue weighted by Crippen LogP contribution is 2.24. The number of aliphatic hydroxyl groups excluding tert-OH is 1. The monoisotopic (exact) mass is 502 g/mol. The smallest absolute Gasteiger partial charge is 0.256 e. The van der Waals surface area contributed by atoms with Gasteiger partial charge in [0.2, 0.25) is 0 Å². The molecule has 5 N–H and O–H groups in total. The third-order valence-corrected chi connectivity index (χ3v) is 4.62. The lowest BCUT2D eigenvalue weighted by molar-refractivity contribution is 0.0753. The molecule has 1 aromatic carbocycles. The van der Waals surface area contributed by atoms with Gasteiger partial charge in [-0.05, 0) is 45.0 Å². The zero-order chi connectivity index (χ0) is 27.2.